The number of carbonyl (C=O) groups excluding carboxylic acids is 3. The quantitative estimate of drug-likeness (QED) is 0.446. The van der Waals surface area contributed by atoms with E-state index < -0.39 is 11.3 Å². The number of nitrogens with zero attached hydrogens (tertiary/aromatic N) is 1. The summed E-state index contributed by atoms with van der Waals surface area (Å²) in [5.74, 6) is 0.258. The van der Waals surface area contributed by atoms with E-state index in [0.29, 0.717) is 38.3 Å². The summed E-state index contributed by atoms with van der Waals surface area (Å²) in [6, 6.07) is 9.62. The maximum absolute atomic E-state index is 12.6. The molecule has 1 atom stereocenters. The first-order chi connectivity index (χ1) is 15.7. The van der Waals surface area contributed by atoms with Crippen molar-refractivity contribution in [2.24, 2.45) is 11.3 Å². The Kier molecular flexibility index (Phi) is 7.79. The Morgan fingerprint density at radius 1 is 1.21 bits per heavy atom. The summed E-state index contributed by atoms with van der Waals surface area (Å²) < 4.78 is 11.1. The number of benzene rings is 1. The van der Waals surface area contributed by atoms with Crippen molar-refractivity contribution in [2.45, 2.75) is 53.5 Å². The first kappa shape index (κ1) is 24.4. The van der Waals surface area contributed by atoms with Gasteiger partial charge < -0.3 is 14.1 Å². The highest BCUT2D eigenvalue weighted by Gasteiger charge is 2.35. The van der Waals surface area contributed by atoms with Gasteiger partial charge in [-0.2, -0.15) is 0 Å². The van der Waals surface area contributed by atoms with Gasteiger partial charge in [0.05, 0.1) is 25.3 Å². The van der Waals surface area contributed by atoms with Gasteiger partial charge in [-0.15, -0.1) is 0 Å². The lowest BCUT2D eigenvalue weighted by Crippen LogP contribution is -2.49. The van der Waals surface area contributed by atoms with Crippen molar-refractivity contribution < 1.29 is 23.5 Å². The van der Waals surface area contributed by atoms with Crippen LogP contribution < -0.4 is 15.6 Å². The molecule has 0 spiro atoms. The van der Waals surface area contributed by atoms with E-state index in [0.717, 1.165) is 16.9 Å². The van der Waals surface area contributed by atoms with Crippen molar-refractivity contribution in [2.75, 3.05) is 13.2 Å². The van der Waals surface area contributed by atoms with Gasteiger partial charge in [0.25, 0.3) is 0 Å². The lowest BCUT2D eigenvalue weighted by molar-refractivity contribution is -0.136. The second kappa shape index (κ2) is 10.6. The van der Waals surface area contributed by atoms with E-state index in [2.05, 4.69) is 10.9 Å². The highest BCUT2D eigenvalue weighted by Crippen LogP contribution is 2.24. The Balaban J connectivity index is 1.40. The number of carbonyl (C=O) groups is 3. The third kappa shape index (κ3) is 6.60. The molecule has 3 rings (SSSR count). The molecule has 0 radical (unpaired) electrons. The minimum absolute atomic E-state index is 0.109. The number of hydrogen-bond donors (Lipinski definition) is 2. The second-order valence-corrected chi connectivity index (χ2v) is 9.30. The average molecular weight is 456 g/mol. The zero-order valence-electron chi connectivity index (χ0n) is 19.8. The van der Waals surface area contributed by atoms with Gasteiger partial charge in [0.15, 0.2) is 0 Å². The molecule has 1 aliphatic rings. The smallest absolute Gasteiger partial charge is 0.244 e. The van der Waals surface area contributed by atoms with Gasteiger partial charge in [-0.05, 0) is 56.0 Å². The zero-order valence-corrected chi connectivity index (χ0v) is 19.8. The van der Waals surface area contributed by atoms with E-state index in [-0.39, 0.29) is 24.1 Å². The molecular weight excluding hydrogens is 422 g/mol. The Hall–Kier alpha value is -3.29. The van der Waals surface area contributed by atoms with Crippen molar-refractivity contribution >= 4 is 17.7 Å². The van der Waals surface area contributed by atoms with Gasteiger partial charge in [0.1, 0.15) is 11.5 Å². The topological polar surface area (TPSA) is 101 Å². The molecule has 2 heterocycles. The predicted octanol–water partition coefficient (Wildman–Crippen LogP) is 3.28. The van der Waals surface area contributed by atoms with Crippen LogP contribution in [0.2, 0.25) is 0 Å². The second-order valence-electron chi connectivity index (χ2n) is 9.30. The molecule has 1 saturated heterocycles. The molecule has 8 heteroatoms. The van der Waals surface area contributed by atoms with Crippen LogP contribution in [0.4, 0.5) is 0 Å². The number of hydrogen-bond acceptors (Lipinski definition) is 5. The van der Waals surface area contributed by atoms with Crippen LogP contribution >= 0.6 is 0 Å². The molecule has 2 N–H and O–H groups in total. The molecule has 1 aromatic carbocycles. The molecule has 1 fully saturated rings. The Morgan fingerprint density at radius 3 is 2.73 bits per heavy atom. The average Bonchev–Trinajstić information content (AvgIpc) is 3.41. The summed E-state index contributed by atoms with van der Waals surface area (Å²) in [7, 11) is 0. The van der Waals surface area contributed by atoms with Crippen LogP contribution in [0, 0.1) is 25.2 Å². The molecule has 0 aliphatic carbocycles. The van der Waals surface area contributed by atoms with Crippen LogP contribution in [0.25, 0.3) is 0 Å². The number of furan rings is 1. The summed E-state index contributed by atoms with van der Waals surface area (Å²) in [6.45, 7) is 8.81. The summed E-state index contributed by atoms with van der Waals surface area (Å²) in [4.78, 5) is 38.9. The van der Waals surface area contributed by atoms with E-state index in [1.165, 1.54) is 0 Å². The Labute approximate surface area is 194 Å². The number of likely N-dealkylation sites (tertiary alicyclic amines) is 1. The van der Waals surface area contributed by atoms with Crippen molar-refractivity contribution in [1.82, 2.24) is 15.8 Å². The maximum Gasteiger partial charge on any atom is 0.244 e. The van der Waals surface area contributed by atoms with Crippen molar-refractivity contribution in [3.63, 3.8) is 0 Å². The van der Waals surface area contributed by atoms with Crippen LogP contribution in [0.1, 0.15) is 50.0 Å². The zero-order chi connectivity index (χ0) is 24.0. The highest BCUT2D eigenvalue weighted by molar-refractivity contribution is 5.91. The Bertz CT molecular complexity index is 984. The molecule has 3 amide bonds. The maximum atomic E-state index is 12.6. The molecule has 8 nitrogen and oxygen atoms in total. The monoisotopic (exact) mass is 455 g/mol. The minimum atomic E-state index is -0.685. The fourth-order valence-corrected chi connectivity index (χ4v) is 3.75. The van der Waals surface area contributed by atoms with Gasteiger partial charge in [-0.3, -0.25) is 25.2 Å². The molecule has 33 heavy (non-hydrogen) atoms. The SMILES string of the molecule is Cc1ccc(C)c(OCCCC(C)(C)C(=O)NNC(=O)C2CC(=O)N(Cc3ccco3)C2)c1. The first-order valence-electron chi connectivity index (χ1n) is 11.3. The minimum Gasteiger partial charge on any atom is -0.493 e. The third-order valence-corrected chi connectivity index (χ3v) is 5.97. The lowest BCUT2D eigenvalue weighted by Gasteiger charge is -2.24. The van der Waals surface area contributed by atoms with Crippen LogP contribution in [0.5, 0.6) is 5.75 Å². The van der Waals surface area contributed by atoms with E-state index in [4.69, 9.17) is 9.15 Å². The fraction of sp³-hybridized carbons (Fsp3) is 0.480. The molecule has 0 saturated carbocycles. The van der Waals surface area contributed by atoms with Gasteiger partial charge in [-0.1, -0.05) is 26.0 Å². The number of ether oxygens (including phenoxy) is 1. The van der Waals surface area contributed by atoms with Crippen molar-refractivity contribution in [3.05, 3.63) is 53.5 Å². The standard InChI is InChI=1S/C25H33N3O5/c1-17-8-9-18(2)21(13-17)33-12-6-10-25(3,4)24(31)27-26-23(30)19-14-22(29)28(15-19)16-20-7-5-11-32-20/h5,7-9,11,13,19H,6,10,12,14-16H2,1-4H3,(H,26,30)(H,27,31). The molecule has 2 aromatic rings. The highest BCUT2D eigenvalue weighted by atomic mass is 16.5. The molecular formula is C25H33N3O5. The van der Waals surface area contributed by atoms with E-state index in [9.17, 15) is 14.4 Å². The fourth-order valence-electron chi connectivity index (χ4n) is 3.75. The van der Waals surface area contributed by atoms with Gasteiger partial charge >= 0.3 is 0 Å². The predicted molar refractivity (Wildman–Crippen MR) is 123 cm³/mol. The van der Waals surface area contributed by atoms with Crippen LogP contribution in [-0.2, 0) is 20.9 Å². The van der Waals surface area contributed by atoms with Gasteiger partial charge in [0, 0.05) is 18.4 Å². The molecule has 178 valence electrons. The van der Waals surface area contributed by atoms with E-state index in [1.54, 1.807) is 23.3 Å². The van der Waals surface area contributed by atoms with Crippen LogP contribution in [0.3, 0.4) is 0 Å². The van der Waals surface area contributed by atoms with E-state index in [1.807, 2.05) is 45.9 Å². The van der Waals surface area contributed by atoms with Crippen molar-refractivity contribution in [3.8, 4) is 5.75 Å². The third-order valence-electron chi connectivity index (χ3n) is 5.97. The van der Waals surface area contributed by atoms with E-state index >= 15 is 0 Å². The van der Waals surface area contributed by atoms with Crippen LogP contribution in [0.15, 0.2) is 41.0 Å². The summed E-state index contributed by atoms with van der Waals surface area (Å²) in [5, 5.41) is 0. The van der Waals surface area contributed by atoms with Crippen molar-refractivity contribution in [1.29, 1.82) is 0 Å². The van der Waals surface area contributed by atoms with Crippen LogP contribution in [-0.4, -0.2) is 35.8 Å². The summed E-state index contributed by atoms with van der Waals surface area (Å²) >= 11 is 0. The number of aryl methyl sites for hydroxylation is 2. The first-order valence-corrected chi connectivity index (χ1v) is 11.3. The molecule has 1 aromatic heterocycles. The molecule has 1 aliphatic heterocycles. The lowest BCUT2D eigenvalue weighted by atomic mass is 9.87. The molecule has 1 unspecified atom stereocenters. The number of hydrazine groups is 1. The number of rotatable bonds is 9. The number of nitrogens with one attached hydrogen (secondary N) is 2. The van der Waals surface area contributed by atoms with Gasteiger partial charge in [-0.25, -0.2) is 0 Å². The van der Waals surface area contributed by atoms with Gasteiger partial charge in [0.2, 0.25) is 17.7 Å². The summed E-state index contributed by atoms with van der Waals surface area (Å²) in [5.41, 5.74) is 6.54. The largest absolute Gasteiger partial charge is 0.493 e. The Morgan fingerprint density at radius 2 is 2.00 bits per heavy atom. The summed E-state index contributed by atoms with van der Waals surface area (Å²) in [6.07, 6.45) is 2.95. The normalized spacial score (nSPS) is 16.1. The molecule has 0 bridgehead atoms. The number of amides is 3.